The summed E-state index contributed by atoms with van der Waals surface area (Å²) in [5.74, 6) is 0.242. The molecule has 4 bridgehead atoms. The van der Waals surface area contributed by atoms with Gasteiger partial charge in [-0.05, 0) is 57.2 Å². The van der Waals surface area contributed by atoms with Gasteiger partial charge in [-0.15, -0.1) is 0 Å². The molecule has 3 heterocycles. The summed E-state index contributed by atoms with van der Waals surface area (Å²) in [5, 5.41) is 3.52. The Hall–Kier alpha value is -3.94. The van der Waals surface area contributed by atoms with Crippen LogP contribution in [-0.4, -0.2) is 59.0 Å². The molecule has 2 aromatic carbocycles. The molecule has 5 rings (SSSR count). The highest BCUT2D eigenvalue weighted by Gasteiger charge is 2.41. The molecular weight excluding hydrogens is 482 g/mol. The summed E-state index contributed by atoms with van der Waals surface area (Å²) in [6.07, 6.45) is 2.85. The lowest BCUT2D eigenvalue weighted by Crippen LogP contribution is -2.50. The van der Waals surface area contributed by atoms with E-state index in [0.29, 0.717) is 12.2 Å². The second-order valence-electron chi connectivity index (χ2n) is 10.1. The third kappa shape index (κ3) is 5.64. The van der Waals surface area contributed by atoms with E-state index in [1.807, 2.05) is 42.5 Å². The van der Waals surface area contributed by atoms with Gasteiger partial charge in [0, 0.05) is 23.4 Å². The lowest BCUT2D eigenvalue weighted by Gasteiger charge is -2.26. The lowest BCUT2D eigenvalue weighted by atomic mass is 10.0. The number of nitrogens with one attached hydrogen (secondary N) is 1. The van der Waals surface area contributed by atoms with Crippen molar-refractivity contribution < 1.29 is 23.9 Å². The number of fused-ring (bicyclic) bond motifs is 3. The van der Waals surface area contributed by atoms with Gasteiger partial charge in [0.2, 0.25) is 5.91 Å². The van der Waals surface area contributed by atoms with E-state index in [9.17, 15) is 14.4 Å². The number of benzene rings is 2. The number of alkyl carbamates (subject to hydrolysis) is 1. The van der Waals surface area contributed by atoms with Gasteiger partial charge in [-0.25, -0.2) is 9.78 Å². The molecule has 2 amide bonds. The van der Waals surface area contributed by atoms with E-state index >= 15 is 0 Å². The topological polar surface area (TPSA) is 97.8 Å². The van der Waals surface area contributed by atoms with Gasteiger partial charge in [-0.3, -0.25) is 9.59 Å². The number of carbonyl (C=O) groups excluding carboxylic acids is 3. The van der Waals surface area contributed by atoms with E-state index in [1.54, 1.807) is 6.92 Å². The summed E-state index contributed by atoms with van der Waals surface area (Å²) in [6, 6.07) is 16.7. The predicted octanol–water partition coefficient (Wildman–Crippen LogP) is 4.68. The highest BCUT2D eigenvalue weighted by atomic mass is 16.5. The van der Waals surface area contributed by atoms with Crippen molar-refractivity contribution >= 4 is 28.7 Å². The van der Waals surface area contributed by atoms with Crippen LogP contribution in [0, 0.1) is 0 Å². The first-order valence-corrected chi connectivity index (χ1v) is 13.3. The molecule has 1 saturated heterocycles. The van der Waals surface area contributed by atoms with Crippen molar-refractivity contribution in [1.82, 2.24) is 15.2 Å². The highest BCUT2D eigenvalue weighted by molar-refractivity contribution is 5.92. The molecule has 3 aromatic rings. The number of hydrogen-bond donors (Lipinski definition) is 1. The SMILES string of the molecule is CC(=O)[C@@H]1C[C@@H]2CN1C(=O)[C@H](C)NC(=O)OCCCCCc1ccc3nc(-c4ccccc4)cc(c3c1)O2. The second-order valence-corrected chi connectivity index (χ2v) is 10.1. The number of Topliss-reactive ketones (excluding diaryl/α,β-unsaturated/α-hetero) is 1. The van der Waals surface area contributed by atoms with Crippen molar-refractivity contribution in [3.05, 3.63) is 60.2 Å². The predicted molar refractivity (Wildman–Crippen MR) is 144 cm³/mol. The number of aryl methyl sites for hydroxylation is 1. The fraction of sp³-hybridized carbons (Fsp3) is 0.400. The molecule has 2 aliphatic rings. The molecule has 2 aliphatic heterocycles. The van der Waals surface area contributed by atoms with Crippen molar-refractivity contribution in [1.29, 1.82) is 0 Å². The molecule has 1 N–H and O–H groups in total. The lowest BCUT2D eigenvalue weighted by molar-refractivity contribution is -0.138. The van der Waals surface area contributed by atoms with Gasteiger partial charge < -0.3 is 19.7 Å². The van der Waals surface area contributed by atoms with E-state index in [-0.39, 0.29) is 30.9 Å². The molecule has 0 radical (unpaired) electrons. The number of pyridine rings is 1. The summed E-state index contributed by atoms with van der Waals surface area (Å²) in [6.45, 7) is 3.62. The van der Waals surface area contributed by atoms with Crippen molar-refractivity contribution in [2.24, 2.45) is 0 Å². The molecule has 0 saturated carbocycles. The van der Waals surface area contributed by atoms with E-state index in [0.717, 1.165) is 47.8 Å². The van der Waals surface area contributed by atoms with Gasteiger partial charge >= 0.3 is 6.09 Å². The number of cyclic esters (lactones) is 1. The maximum absolute atomic E-state index is 13.3. The Labute approximate surface area is 222 Å². The summed E-state index contributed by atoms with van der Waals surface area (Å²) >= 11 is 0. The third-order valence-corrected chi connectivity index (χ3v) is 7.26. The Bertz CT molecular complexity index is 1340. The van der Waals surface area contributed by atoms with Gasteiger partial charge in [0.1, 0.15) is 17.9 Å². The van der Waals surface area contributed by atoms with E-state index in [2.05, 4.69) is 17.4 Å². The maximum atomic E-state index is 13.3. The third-order valence-electron chi connectivity index (χ3n) is 7.26. The van der Waals surface area contributed by atoms with Crippen LogP contribution >= 0.6 is 0 Å². The van der Waals surface area contributed by atoms with Gasteiger partial charge in [0.15, 0.2) is 5.78 Å². The van der Waals surface area contributed by atoms with Gasteiger partial charge in [0.05, 0.1) is 30.4 Å². The molecule has 198 valence electrons. The highest BCUT2D eigenvalue weighted by Crippen LogP contribution is 2.34. The fourth-order valence-corrected chi connectivity index (χ4v) is 5.24. The summed E-state index contributed by atoms with van der Waals surface area (Å²) in [7, 11) is 0. The van der Waals surface area contributed by atoms with Gasteiger partial charge in [-0.1, -0.05) is 36.4 Å². The number of hydrogen-bond acceptors (Lipinski definition) is 6. The maximum Gasteiger partial charge on any atom is 0.407 e. The van der Waals surface area contributed by atoms with Crippen LogP contribution in [-0.2, 0) is 20.7 Å². The van der Waals surface area contributed by atoms with Crippen LogP contribution < -0.4 is 10.1 Å². The molecule has 0 spiro atoms. The first-order chi connectivity index (χ1) is 18.4. The van der Waals surface area contributed by atoms with Crippen LogP contribution in [0.15, 0.2) is 54.6 Å². The zero-order chi connectivity index (χ0) is 26.6. The van der Waals surface area contributed by atoms with Crippen molar-refractivity contribution in [3.8, 4) is 17.0 Å². The largest absolute Gasteiger partial charge is 0.488 e. The van der Waals surface area contributed by atoms with Crippen LogP contribution in [0.1, 0.15) is 45.1 Å². The molecule has 8 heteroatoms. The second kappa shape index (κ2) is 11.2. The standard InChI is InChI=1S/C30H33N3O5/c1-19-29(35)33-18-23(16-27(33)20(2)34)38-28-17-26(22-10-6-3-7-11-22)32-25-13-12-21(15-24(25)28)9-5-4-8-14-37-30(36)31-19/h3,6-7,10-13,15,17,19,23,27H,4-5,8-9,14,16,18H2,1-2H3,(H,31,36)/t19-,23+,27-/m0/s1. The quantitative estimate of drug-likeness (QED) is 0.532. The minimum absolute atomic E-state index is 0.114. The van der Waals surface area contributed by atoms with Crippen LogP contribution in [0.5, 0.6) is 5.75 Å². The van der Waals surface area contributed by atoms with Crippen LogP contribution in [0.3, 0.4) is 0 Å². The number of ether oxygens (including phenoxy) is 2. The van der Waals surface area contributed by atoms with Crippen LogP contribution in [0.2, 0.25) is 0 Å². The minimum atomic E-state index is -0.823. The molecular formula is C30H33N3O5. The number of carbonyl (C=O) groups is 3. The van der Waals surface area contributed by atoms with Crippen molar-refractivity contribution in [2.45, 2.75) is 64.1 Å². The minimum Gasteiger partial charge on any atom is -0.488 e. The smallest absolute Gasteiger partial charge is 0.407 e. The first kappa shape index (κ1) is 25.7. The van der Waals surface area contributed by atoms with Crippen LogP contribution in [0.4, 0.5) is 4.79 Å². The Kier molecular flexibility index (Phi) is 7.58. The zero-order valence-electron chi connectivity index (χ0n) is 21.8. The summed E-state index contributed by atoms with van der Waals surface area (Å²) in [5.41, 5.74) is 3.79. The normalized spacial score (nSPS) is 22.8. The van der Waals surface area contributed by atoms with E-state index in [1.165, 1.54) is 17.4 Å². The molecule has 1 fully saturated rings. The van der Waals surface area contributed by atoms with Crippen LogP contribution in [0.25, 0.3) is 22.2 Å². The Morgan fingerprint density at radius 1 is 1.05 bits per heavy atom. The molecule has 3 atom stereocenters. The number of aromatic nitrogens is 1. The molecule has 0 aliphatic carbocycles. The summed E-state index contributed by atoms with van der Waals surface area (Å²) in [4.78, 5) is 44.4. The number of amides is 2. The fourth-order valence-electron chi connectivity index (χ4n) is 5.24. The van der Waals surface area contributed by atoms with E-state index in [4.69, 9.17) is 14.5 Å². The molecule has 8 nitrogen and oxygen atoms in total. The van der Waals surface area contributed by atoms with Gasteiger partial charge in [0.25, 0.3) is 0 Å². The Morgan fingerprint density at radius 2 is 1.87 bits per heavy atom. The van der Waals surface area contributed by atoms with Crippen molar-refractivity contribution in [2.75, 3.05) is 13.2 Å². The number of rotatable bonds is 2. The first-order valence-electron chi connectivity index (χ1n) is 13.3. The number of ketones is 1. The summed E-state index contributed by atoms with van der Waals surface area (Å²) < 4.78 is 11.8. The number of nitrogens with zero attached hydrogens (tertiary/aromatic N) is 2. The Morgan fingerprint density at radius 3 is 2.66 bits per heavy atom. The van der Waals surface area contributed by atoms with Gasteiger partial charge in [-0.2, -0.15) is 0 Å². The monoisotopic (exact) mass is 515 g/mol. The molecule has 38 heavy (non-hydrogen) atoms. The molecule has 1 aromatic heterocycles. The molecule has 0 unspecified atom stereocenters. The average Bonchev–Trinajstić information content (AvgIpc) is 3.34. The zero-order valence-corrected chi connectivity index (χ0v) is 21.8. The van der Waals surface area contributed by atoms with Crippen molar-refractivity contribution in [3.63, 3.8) is 0 Å². The van der Waals surface area contributed by atoms with E-state index < -0.39 is 18.2 Å². The average molecular weight is 516 g/mol. The Balaban J connectivity index is 1.53.